The smallest absolute Gasteiger partial charge is 0.271 e. The topological polar surface area (TPSA) is 59.0 Å². The summed E-state index contributed by atoms with van der Waals surface area (Å²) in [6.07, 6.45) is 2.36. The third-order valence-corrected chi connectivity index (χ3v) is 1.35. The molecule has 0 radical (unpaired) electrons. The third kappa shape index (κ3) is 2.32. The molecule has 0 aliphatic carbocycles. The molecule has 0 aromatic rings. The van der Waals surface area contributed by atoms with E-state index in [0.717, 1.165) is 6.26 Å². The number of hydroxylamine groups is 2. The van der Waals surface area contributed by atoms with Crippen LogP contribution in [0.15, 0.2) is 4.99 Å². The van der Waals surface area contributed by atoms with Crippen LogP contribution in [0.5, 0.6) is 0 Å². The molecule has 1 rings (SSSR count). The Bertz CT molecular complexity index is 233. The van der Waals surface area contributed by atoms with E-state index >= 15 is 0 Å². The highest BCUT2D eigenvalue weighted by Crippen LogP contribution is 1.97. The Morgan fingerprint density at radius 1 is 1.70 bits per heavy atom. The molecule has 0 spiro atoms. The fourth-order valence-electron chi connectivity index (χ4n) is 0.593. The number of hydrogen-bond acceptors (Lipinski definition) is 5. The van der Waals surface area contributed by atoms with Gasteiger partial charge in [0.2, 0.25) is 0 Å². The largest absolute Gasteiger partial charge is 0.285 e. The van der Waals surface area contributed by atoms with Gasteiger partial charge in [-0.05, 0) is 0 Å². The lowest BCUT2D eigenvalue weighted by molar-refractivity contribution is 0.0471. The molecule has 0 saturated heterocycles. The molecule has 0 fully saturated rings. The van der Waals surface area contributed by atoms with Gasteiger partial charge in [0.1, 0.15) is 6.34 Å². The Labute approximate surface area is 59.4 Å². The van der Waals surface area contributed by atoms with E-state index in [4.69, 9.17) is 0 Å². The fraction of sp³-hybridized carbons (Fsp3) is 0.750. The van der Waals surface area contributed by atoms with Gasteiger partial charge in [-0.3, -0.25) is 4.99 Å². The maximum Gasteiger partial charge on any atom is 0.285 e. The maximum atomic E-state index is 10.5. The van der Waals surface area contributed by atoms with Crippen molar-refractivity contribution in [2.75, 3.05) is 19.3 Å². The van der Waals surface area contributed by atoms with Crippen molar-refractivity contribution in [1.29, 1.82) is 0 Å². The average molecular weight is 164 g/mol. The monoisotopic (exact) mass is 164 g/mol. The molecule has 1 aliphatic rings. The minimum absolute atomic E-state index is 0.507. The highest BCUT2D eigenvalue weighted by atomic mass is 32.2. The molecule has 0 aromatic carbocycles. The second kappa shape index (κ2) is 2.55. The van der Waals surface area contributed by atoms with E-state index in [0.29, 0.717) is 13.1 Å². The van der Waals surface area contributed by atoms with Gasteiger partial charge in [-0.15, -0.1) is 4.28 Å². The first-order valence-corrected chi connectivity index (χ1v) is 4.56. The second-order valence-electron chi connectivity index (χ2n) is 1.94. The molecule has 0 amide bonds. The van der Waals surface area contributed by atoms with Crippen LogP contribution in [0.25, 0.3) is 0 Å². The number of hydrogen-bond donors (Lipinski definition) is 0. The van der Waals surface area contributed by atoms with E-state index in [1.807, 2.05) is 0 Å². The van der Waals surface area contributed by atoms with Crippen LogP contribution in [0.4, 0.5) is 0 Å². The summed E-state index contributed by atoms with van der Waals surface area (Å²) in [7, 11) is -3.37. The zero-order valence-electron chi connectivity index (χ0n) is 5.52. The van der Waals surface area contributed by atoms with E-state index < -0.39 is 10.1 Å². The summed E-state index contributed by atoms with van der Waals surface area (Å²) in [5.74, 6) is 0. The molecule has 0 N–H and O–H groups in total. The predicted octanol–water partition coefficient (Wildman–Crippen LogP) is -0.778. The molecule has 58 valence electrons. The molecule has 0 atom stereocenters. The van der Waals surface area contributed by atoms with Gasteiger partial charge in [-0.2, -0.15) is 8.42 Å². The van der Waals surface area contributed by atoms with Crippen LogP contribution >= 0.6 is 0 Å². The van der Waals surface area contributed by atoms with Crippen LogP contribution in [0, 0.1) is 0 Å². The summed E-state index contributed by atoms with van der Waals surface area (Å²) in [5, 5.41) is 1.19. The number of rotatable bonds is 2. The van der Waals surface area contributed by atoms with Gasteiger partial charge in [0, 0.05) is 0 Å². The van der Waals surface area contributed by atoms with Gasteiger partial charge in [-0.1, -0.05) is 0 Å². The van der Waals surface area contributed by atoms with Crippen molar-refractivity contribution in [3.63, 3.8) is 0 Å². The van der Waals surface area contributed by atoms with Crippen molar-refractivity contribution >= 4 is 16.5 Å². The first-order chi connectivity index (χ1) is 4.58. The van der Waals surface area contributed by atoms with Crippen molar-refractivity contribution in [3.8, 4) is 0 Å². The molecule has 0 unspecified atom stereocenters. The van der Waals surface area contributed by atoms with Crippen molar-refractivity contribution in [1.82, 2.24) is 5.06 Å². The molecule has 0 bridgehead atoms. The molecule has 1 aliphatic heterocycles. The van der Waals surface area contributed by atoms with Gasteiger partial charge in [0.25, 0.3) is 10.1 Å². The summed E-state index contributed by atoms with van der Waals surface area (Å²) in [6, 6.07) is 0. The van der Waals surface area contributed by atoms with Gasteiger partial charge in [-0.25, -0.2) is 5.06 Å². The highest BCUT2D eigenvalue weighted by molar-refractivity contribution is 7.85. The first-order valence-electron chi connectivity index (χ1n) is 2.74. The van der Waals surface area contributed by atoms with Crippen LogP contribution in [0.3, 0.4) is 0 Å². The van der Waals surface area contributed by atoms with E-state index in [-0.39, 0.29) is 0 Å². The normalized spacial score (nSPS) is 18.3. The van der Waals surface area contributed by atoms with E-state index in [1.165, 1.54) is 11.4 Å². The summed E-state index contributed by atoms with van der Waals surface area (Å²) >= 11 is 0. The first kappa shape index (κ1) is 7.49. The maximum absolute atomic E-state index is 10.5. The number of nitrogens with zero attached hydrogens (tertiary/aromatic N) is 2. The molecule has 10 heavy (non-hydrogen) atoms. The van der Waals surface area contributed by atoms with Crippen LogP contribution in [-0.2, 0) is 14.4 Å². The summed E-state index contributed by atoms with van der Waals surface area (Å²) in [5.41, 5.74) is 0. The van der Waals surface area contributed by atoms with E-state index in [1.54, 1.807) is 0 Å². The van der Waals surface area contributed by atoms with Crippen molar-refractivity contribution in [3.05, 3.63) is 0 Å². The Kier molecular flexibility index (Phi) is 1.91. The molecular weight excluding hydrogens is 156 g/mol. The van der Waals surface area contributed by atoms with E-state index in [9.17, 15) is 8.42 Å². The lowest BCUT2D eigenvalue weighted by Gasteiger charge is -2.09. The summed E-state index contributed by atoms with van der Waals surface area (Å²) in [6.45, 7) is 1.10. The lowest BCUT2D eigenvalue weighted by Crippen LogP contribution is -2.23. The Morgan fingerprint density at radius 2 is 2.40 bits per heavy atom. The highest BCUT2D eigenvalue weighted by Gasteiger charge is 2.11. The van der Waals surface area contributed by atoms with Crippen molar-refractivity contribution in [2.45, 2.75) is 0 Å². The van der Waals surface area contributed by atoms with E-state index in [2.05, 4.69) is 9.28 Å². The van der Waals surface area contributed by atoms with Crippen molar-refractivity contribution < 1.29 is 12.7 Å². The molecule has 5 nitrogen and oxygen atoms in total. The lowest BCUT2D eigenvalue weighted by atomic mass is 10.7. The molecule has 6 heteroatoms. The third-order valence-electron chi connectivity index (χ3n) is 0.891. The summed E-state index contributed by atoms with van der Waals surface area (Å²) in [4.78, 5) is 3.76. The zero-order valence-corrected chi connectivity index (χ0v) is 6.34. The zero-order chi connectivity index (χ0) is 7.61. The molecule has 1 heterocycles. The van der Waals surface area contributed by atoms with Crippen LogP contribution in [0.1, 0.15) is 0 Å². The van der Waals surface area contributed by atoms with Crippen LogP contribution in [0.2, 0.25) is 0 Å². The quantitative estimate of drug-likeness (QED) is 0.537. The van der Waals surface area contributed by atoms with Gasteiger partial charge in [0.15, 0.2) is 0 Å². The Balaban J connectivity index is 2.47. The number of aliphatic imine (C=N–C) groups is 1. The minimum Gasteiger partial charge on any atom is -0.271 e. The molecular formula is C4H8N2O3S. The molecule has 0 aromatic heterocycles. The average Bonchev–Trinajstić information content (AvgIpc) is 2.12. The van der Waals surface area contributed by atoms with Crippen LogP contribution < -0.4 is 0 Å². The van der Waals surface area contributed by atoms with Crippen LogP contribution in [-0.4, -0.2) is 39.2 Å². The Hall–Kier alpha value is -0.620. The Morgan fingerprint density at radius 3 is 2.80 bits per heavy atom. The SMILES string of the molecule is CS(=O)(=O)ON1C=NCC1. The van der Waals surface area contributed by atoms with Crippen molar-refractivity contribution in [2.24, 2.45) is 4.99 Å². The molecule has 0 saturated carbocycles. The van der Waals surface area contributed by atoms with Gasteiger partial charge >= 0.3 is 0 Å². The predicted molar refractivity (Wildman–Crippen MR) is 36.0 cm³/mol. The minimum atomic E-state index is -3.37. The van der Waals surface area contributed by atoms with Gasteiger partial charge in [0.05, 0.1) is 19.3 Å². The second-order valence-corrected chi connectivity index (χ2v) is 3.50. The van der Waals surface area contributed by atoms with Gasteiger partial charge < -0.3 is 0 Å². The standard InChI is InChI=1S/C4H8N2O3S/c1-10(7,8)9-6-3-2-5-4-6/h4H,2-3H2,1H3. The fourth-order valence-corrected chi connectivity index (χ4v) is 1.05. The summed E-state index contributed by atoms with van der Waals surface area (Å²) < 4.78 is 25.4.